The maximum absolute atomic E-state index is 12.2. The summed E-state index contributed by atoms with van der Waals surface area (Å²) in [5.41, 5.74) is 2.34. The predicted octanol–water partition coefficient (Wildman–Crippen LogP) is 4.56. The van der Waals surface area contributed by atoms with Gasteiger partial charge in [-0.25, -0.2) is 0 Å². The lowest BCUT2D eigenvalue weighted by atomic mass is 10.0. The predicted molar refractivity (Wildman–Crippen MR) is 105 cm³/mol. The van der Waals surface area contributed by atoms with Gasteiger partial charge in [0.15, 0.2) is 0 Å². The van der Waals surface area contributed by atoms with Gasteiger partial charge in [0, 0.05) is 5.69 Å². The molecule has 0 saturated carbocycles. The van der Waals surface area contributed by atoms with Gasteiger partial charge in [0.1, 0.15) is 12.2 Å². The topological polar surface area (TPSA) is 67.4 Å². The van der Waals surface area contributed by atoms with Gasteiger partial charge in [0.25, 0.3) is 0 Å². The molecule has 5 nitrogen and oxygen atoms in total. The molecule has 0 fully saturated rings. The average molecular weight is 354 g/mol. The number of hydrogen-bond donors (Lipinski definition) is 2. The highest BCUT2D eigenvalue weighted by molar-refractivity contribution is 6.08. The zero-order valence-electron chi connectivity index (χ0n) is 15.7. The van der Waals surface area contributed by atoms with Gasteiger partial charge < -0.3 is 15.4 Å². The quantitative estimate of drug-likeness (QED) is 0.716. The standard InChI is InChI=1S/C21H26N2O3/c1-14(2)16-9-5-6-10-17(16)22-20(24)13-21(25)23-18-11-7-8-12-19(18)26-15(3)4/h5-12,14-15H,13H2,1-4H3,(H,22,24)(H,23,25). The fraction of sp³-hybridized carbons (Fsp3) is 0.333. The van der Waals surface area contributed by atoms with Crippen molar-refractivity contribution in [2.75, 3.05) is 10.6 Å². The summed E-state index contributed by atoms with van der Waals surface area (Å²) in [6.45, 7) is 7.95. The highest BCUT2D eigenvalue weighted by Crippen LogP contribution is 2.26. The van der Waals surface area contributed by atoms with Crippen molar-refractivity contribution < 1.29 is 14.3 Å². The van der Waals surface area contributed by atoms with Crippen molar-refractivity contribution >= 4 is 23.2 Å². The number of nitrogens with one attached hydrogen (secondary N) is 2. The normalized spacial score (nSPS) is 10.7. The van der Waals surface area contributed by atoms with Crippen molar-refractivity contribution in [3.63, 3.8) is 0 Å². The molecule has 0 spiro atoms. The zero-order valence-corrected chi connectivity index (χ0v) is 15.7. The van der Waals surface area contributed by atoms with Crippen molar-refractivity contribution in [3.05, 3.63) is 54.1 Å². The monoisotopic (exact) mass is 354 g/mol. The van der Waals surface area contributed by atoms with E-state index in [1.807, 2.05) is 50.2 Å². The Hall–Kier alpha value is -2.82. The number of ether oxygens (including phenoxy) is 1. The molecule has 0 aromatic heterocycles. The summed E-state index contributed by atoms with van der Waals surface area (Å²) in [6.07, 6.45) is -0.272. The van der Waals surface area contributed by atoms with Gasteiger partial charge in [0.2, 0.25) is 11.8 Å². The number of anilines is 2. The summed E-state index contributed by atoms with van der Waals surface area (Å²) in [5, 5.41) is 5.57. The van der Waals surface area contributed by atoms with Crippen LogP contribution in [0.1, 0.15) is 45.6 Å². The van der Waals surface area contributed by atoms with Gasteiger partial charge >= 0.3 is 0 Å². The number of amides is 2. The largest absolute Gasteiger partial charge is 0.489 e. The third-order valence-corrected chi connectivity index (χ3v) is 3.70. The third kappa shape index (κ3) is 5.62. The second kappa shape index (κ2) is 9.04. The van der Waals surface area contributed by atoms with E-state index >= 15 is 0 Å². The Balaban J connectivity index is 2.00. The van der Waals surface area contributed by atoms with E-state index in [-0.39, 0.29) is 30.3 Å². The molecule has 0 aliphatic rings. The minimum absolute atomic E-state index is 0.0103. The Labute approximate surface area is 154 Å². The smallest absolute Gasteiger partial charge is 0.233 e. The van der Waals surface area contributed by atoms with E-state index in [9.17, 15) is 9.59 Å². The van der Waals surface area contributed by atoms with Crippen LogP contribution in [0.2, 0.25) is 0 Å². The van der Waals surface area contributed by atoms with Crippen LogP contribution in [0.15, 0.2) is 48.5 Å². The molecular weight excluding hydrogens is 328 g/mol. The third-order valence-electron chi connectivity index (χ3n) is 3.70. The highest BCUT2D eigenvalue weighted by atomic mass is 16.5. The van der Waals surface area contributed by atoms with Crippen LogP contribution in [-0.2, 0) is 9.59 Å². The van der Waals surface area contributed by atoms with Crippen molar-refractivity contribution in [2.24, 2.45) is 0 Å². The van der Waals surface area contributed by atoms with Crippen LogP contribution in [-0.4, -0.2) is 17.9 Å². The average Bonchev–Trinajstić information content (AvgIpc) is 2.56. The second-order valence-corrected chi connectivity index (χ2v) is 6.68. The first-order valence-electron chi connectivity index (χ1n) is 8.81. The maximum Gasteiger partial charge on any atom is 0.233 e. The van der Waals surface area contributed by atoms with E-state index in [1.54, 1.807) is 12.1 Å². The minimum atomic E-state index is -0.385. The van der Waals surface area contributed by atoms with Gasteiger partial charge in [-0.05, 0) is 43.5 Å². The molecule has 2 rings (SSSR count). The van der Waals surface area contributed by atoms with Gasteiger partial charge in [-0.3, -0.25) is 9.59 Å². The van der Waals surface area contributed by atoms with Crippen LogP contribution >= 0.6 is 0 Å². The summed E-state index contributed by atoms with van der Waals surface area (Å²) in [6, 6.07) is 14.8. The first-order chi connectivity index (χ1) is 12.4. The van der Waals surface area contributed by atoms with E-state index in [1.165, 1.54) is 0 Å². The Kier molecular flexibility index (Phi) is 6.78. The van der Waals surface area contributed by atoms with E-state index in [2.05, 4.69) is 24.5 Å². The summed E-state index contributed by atoms with van der Waals surface area (Å²) in [5.74, 6) is 0.129. The number of rotatable bonds is 7. The minimum Gasteiger partial charge on any atom is -0.489 e. The summed E-state index contributed by atoms with van der Waals surface area (Å²) in [7, 11) is 0. The molecule has 0 bridgehead atoms. The van der Waals surface area contributed by atoms with Gasteiger partial charge in [0.05, 0.1) is 11.8 Å². The molecule has 0 saturated heterocycles. The van der Waals surface area contributed by atoms with Crippen LogP contribution in [0.5, 0.6) is 5.75 Å². The van der Waals surface area contributed by atoms with Crippen LogP contribution in [0.25, 0.3) is 0 Å². The fourth-order valence-corrected chi connectivity index (χ4v) is 2.58. The number of hydrogen-bond acceptors (Lipinski definition) is 3. The first-order valence-corrected chi connectivity index (χ1v) is 8.81. The molecule has 5 heteroatoms. The van der Waals surface area contributed by atoms with Gasteiger partial charge in [-0.1, -0.05) is 44.2 Å². The molecule has 0 aliphatic carbocycles. The molecule has 2 N–H and O–H groups in total. The Morgan fingerprint density at radius 2 is 1.38 bits per heavy atom. The van der Waals surface area contributed by atoms with Crippen molar-refractivity contribution in [2.45, 2.75) is 46.1 Å². The van der Waals surface area contributed by atoms with Crippen LogP contribution < -0.4 is 15.4 Å². The summed E-state index contributed by atoms with van der Waals surface area (Å²) in [4.78, 5) is 24.5. The number of benzene rings is 2. The van der Waals surface area contributed by atoms with Crippen LogP contribution in [0.3, 0.4) is 0 Å². The lowest BCUT2D eigenvalue weighted by Gasteiger charge is -2.15. The molecule has 2 aromatic rings. The van der Waals surface area contributed by atoms with Crippen molar-refractivity contribution in [1.29, 1.82) is 0 Å². The number of para-hydroxylation sites is 3. The Bertz CT molecular complexity index is 769. The fourth-order valence-electron chi connectivity index (χ4n) is 2.58. The molecule has 0 atom stereocenters. The number of carbonyl (C=O) groups excluding carboxylic acids is 2. The van der Waals surface area contributed by atoms with Crippen molar-refractivity contribution in [1.82, 2.24) is 0 Å². The molecule has 0 unspecified atom stereocenters. The lowest BCUT2D eigenvalue weighted by molar-refractivity contribution is -0.123. The van der Waals surface area contributed by atoms with E-state index < -0.39 is 0 Å². The molecule has 0 aliphatic heterocycles. The van der Waals surface area contributed by atoms with E-state index in [0.29, 0.717) is 11.4 Å². The molecule has 2 amide bonds. The SMILES string of the molecule is CC(C)Oc1ccccc1NC(=O)CC(=O)Nc1ccccc1C(C)C. The molecule has 0 heterocycles. The van der Waals surface area contributed by atoms with E-state index in [4.69, 9.17) is 4.74 Å². The molecule has 2 aromatic carbocycles. The van der Waals surface area contributed by atoms with Crippen molar-refractivity contribution in [3.8, 4) is 5.75 Å². The summed E-state index contributed by atoms with van der Waals surface area (Å²) < 4.78 is 5.67. The molecule has 26 heavy (non-hydrogen) atoms. The zero-order chi connectivity index (χ0) is 19.1. The van der Waals surface area contributed by atoms with Crippen LogP contribution in [0.4, 0.5) is 11.4 Å². The molecule has 0 radical (unpaired) electrons. The second-order valence-electron chi connectivity index (χ2n) is 6.68. The molecular formula is C21H26N2O3. The number of carbonyl (C=O) groups is 2. The molecule has 138 valence electrons. The summed E-state index contributed by atoms with van der Waals surface area (Å²) >= 11 is 0. The first kappa shape index (κ1) is 19.5. The van der Waals surface area contributed by atoms with Gasteiger partial charge in [-0.2, -0.15) is 0 Å². The maximum atomic E-state index is 12.2. The van der Waals surface area contributed by atoms with Gasteiger partial charge in [-0.15, -0.1) is 0 Å². The lowest BCUT2D eigenvalue weighted by Crippen LogP contribution is -2.22. The van der Waals surface area contributed by atoms with Crippen LogP contribution in [0, 0.1) is 0 Å². The highest BCUT2D eigenvalue weighted by Gasteiger charge is 2.14. The Morgan fingerprint density at radius 1 is 0.846 bits per heavy atom. The Morgan fingerprint density at radius 3 is 2.00 bits per heavy atom. The van der Waals surface area contributed by atoms with E-state index in [0.717, 1.165) is 11.3 Å².